The molecule has 0 radical (unpaired) electrons. The Morgan fingerprint density at radius 2 is 2.35 bits per heavy atom. The van der Waals surface area contributed by atoms with Gasteiger partial charge in [-0.05, 0) is 25.1 Å². The maximum absolute atomic E-state index is 12.7. The van der Waals surface area contributed by atoms with Crippen molar-refractivity contribution in [1.29, 1.82) is 0 Å². The van der Waals surface area contributed by atoms with Gasteiger partial charge in [-0.15, -0.1) is 0 Å². The van der Waals surface area contributed by atoms with Crippen LogP contribution in [0.2, 0.25) is 0 Å². The molecule has 0 aliphatic carbocycles. The van der Waals surface area contributed by atoms with Crippen LogP contribution in [-0.4, -0.2) is 58.0 Å². The zero-order valence-electron chi connectivity index (χ0n) is 13.3. The largest absolute Gasteiger partial charge is 0.485 e. The summed E-state index contributed by atoms with van der Waals surface area (Å²) in [5.41, 5.74) is 1.40. The van der Waals surface area contributed by atoms with E-state index in [0.29, 0.717) is 37.7 Å². The number of amides is 1. The van der Waals surface area contributed by atoms with Gasteiger partial charge in [-0.1, -0.05) is 0 Å². The maximum atomic E-state index is 12.7. The lowest BCUT2D eigenvalue weighted by atomic mass is 10.3. The summed E-state index contributed by atoms with van der Waals surface area (Å²) in [5, 5.41) is 4.24. The number of carbonyl (C=O) groups excluding carboxylic acids is 1. The fourth-order valence-electron chi connectivity index (χ4n) is 2.62. The van der Waals surface area contributed by atoms with Gasteiger partial charge < -0.3 is 14.4 Å². The maximum Gasteiger partial charge on any atom is 0.272 e. The van der Waals surface area contributed by atoms with Gasteiger partial charge in [0.15, 0.2) is 0 Å². The molecule has 0 saturated carbocycles. The number of rotatable bonds is 3. The second kappa shape index (κ2) is 6.78. The molecule has 0 spiro atoms. The van der Waals surface area contributed by atoms with Crippen LogP contribution in [0.15, 0.2) is 30.6 Å². The molecular weight excluding hydrogens is 296 g/mol. The first-order valence-electron chi connectivity index (χ1n) is 7.58. The quantitative estimate of drug-likeness (QED) is 0.846. The smallest absolute Gasteiger partial charge is 0.272 e. The van der Waals surface area contributed by atoms with Gasteiger partial charge in [0, 0.05) is 19.8 Å². The molecule has 3 rings (SSSR count). The summed E-state index contributed by atoms with van der Waals surface area (Å²) < 4.78 is 13.1. The van der Waals surface area contributed by atoms with Crippen molar-refractivity contribution in [3.05, 3.63) is 42.0 Å². The van der Waals surface area contributed by atoms with Crippen molar-refractivity contribution in [1.82, 2.24) is 19.7 Å². The number of hydrogen-bond acceptors (Lipinski definition) is 5. The summed E-state index contributed by atoms with van der Waals surface area (Å²) in [6, 6.07) is 5.45. The standard InChI is InChI=1S/C16H20N4O3/c1-12-8-15(19(2)18-12)16(21)20-6-7-22-11-14(10-20)23-13-4-3-5-17-9-13/h3-5,8-9,14H,6-7,10-11H2,1-2H3/t14-/m1/s1. The SMILES string of the molecule is Cc1cc(C(=O)N2CCOC[C@H](Oc3cccnc3)C2)n(C)n1. The van der Waals surface area contributed by atoms with Gasteiger partial charge in [0.25, 0.3) is 5.91 Å². The van der Waals surface area contributed by atoms with E-state index in [4.69, 9.17) is 9.47 Å². The topological polar surface area (TPSA) is 69.5 Å². The molecule has 0 bridgehead atoms. The minimum Gasteiger partial charge on any atom is -0.485 e. The lowest BCUT2D eigenvalue weighted by Gasteiger charge is -2.24. The molecule has 0 unspecified atom stereocenters. The van der Waals surface area contributed by atoms with Crippen LogP contribution in [0, 0.1) is 6.92 Å². The molecule has 1 amide bonds. The summed E-state index contributed by atoms with van der Waals surface area (Å²) in [7, 11) is 1.78. The van der Waals surface area contributed by atoms with E-state index in [9.17, 15) is 4.79 Å². The van der Waals surface area contributed by atoms with Crippen molar-refractivity contribution >= 4 is 5.91 Å². The third-order valence-electron chi connectivity index (χ3n) is 3.68. The molecule has 0 N–H and O–H groups in total. The summed E-state index contributed by atoms with van der Waals surface area (Å²) in [4.78, 5) is 18.5. The van der Waals surface area contributed by atoms with Gasteiger partial charge >= 0.3 is 0 Å². The monoisotopic (exact) mass is 316 g/mol. The molecule has 23 heavy (non-hydrogen) atoms. The molecule has 122 valence electrons. The van der Waals surface area contributed by atoms with E-state index in [2.05, 4.69) is 10.1 Å². The van der Waals surface area contributed by atoms with Crippen LogP contribution in [0.4, 0.5) is 0 Å². The van der Waals surface area contributed by atoms with Crippen molar-refractivity contribution in [3.63, 3.8) is 0 Å². The highest BCUT2D eigenvalue weighted by atomic mass is 16.5. The van der Waals surface area contributed by atoms with Crippen LogP contribution >= 0.6 is 0 Å². The predicted octanol–water partition coefficient (Wildman–Crippen LogP) is 1.04. The van der Waals surface area contributed by atoms with Gasteiger partial charge in [0.05, 0.1) is 31.6 Å². The number of carbonyl (C=O) groups is 1. The van der Waals surface area contributed by atoms with E-state index in [1.165, 1.54) is 0 Å². The average Bonchev–Trinajstić information content (AvgIpc) is 2.74. The lowest BCUT2D eigenvalue weighted by molar-refractivity contribution is 0.0644. The fraction of sp³-hybridized carbons (Fsp3) is 0.438. The fourth-order valence-corrected chi connectivity index (χ4v) is 2.62. The number of aryl methyl sites for hydroxylation is 2. The molecule has 1 aliphatic heterocycles. The summed E-state index contributed by atoms with van der Waals surface area (Å²) in [5.74, 6) is 0.616. The number of aromatic nitrogens is 3. The Morgan fingerprint density at radius 3 is 3.04 bits per heavy atom. The van der Waals surface area contributed by atoms with Crippen molar-refractivity contribution < 1.29 is 14.3 Å². The number of pyridine rings is 1. The second-order valence-electron chi connectivity index (χ2n) is 5.55. The first-order valence-corrected chi connectivity index (χ1v) is 7.58. The highest BCUT2D eigenvalue weighted by Gasteiger charge is 2.26. The van der Waals surface area contributed by atoms with Crippen LogP contribution in [0.3, 0.4) is 0 Å². The molecule has 3 heterocycles. The van der Waals surface area contributed by atoms with E-state index in [0.717, 1.165) is 5.69 Å². The van der Waals surface area contributed by atoms with E-state index < -0.39 is 0 Å². The molecule has 1 aliphatic rings. The van der Waals surface area contributed by atoms with Crippen LogP contribution in [0.5, 0.6) is 5.75 Å². The Kier molecular flexibility index (Phi) is 4.57. The number of nitrogens with zero attached hydrogens (tertiary/aromatic N) is 4. The van der Waals surface area contributed by atoms with E-state index >= 15 is 0 Å². The lowest BCUT2D eigenvalue weighted by Crippen LogP contribution is -2.40. The molecule has 7 nitrogen and oxygen atoms in total. The average molecular weight is 316 g/mol. The highest BCUT2D eigenvalue weighted by molar-refractivity contribution is 5.92. The van der Waals surface area contributed by atoms with Crippen LogP contribution in [-0.2, 0) is 11.8 Å². The first kappa shape index (κ1) is 15.5. The number of hydrogen-bond donors (Lipinski definition) is 0. The molecule has 1 saturated heterocycles. The van der Waals surface area contributed by atoms with E-state index in [-0.39, 0.29) is 12.0 Å². The van der Waals surface area contributed by atoms with Crippen LogP contribution < -0.4 is 4.74 Å². The minimum atomic E-state index is -0.222. The third-order valence-corrected chi connectivity index (χ3v) is 3.68. The Balaban J connectivity index is 1.72. The van der Waals surface area contributed by atoms with E-state index in [1.54, 1.807) is 35.1 Å². The normalized spacial score (nSPS) is 18.5. The molecule has 2 aromatic heterocycles. The molecule has 2 aromatic rings. The van der Waals surface area contributed by atoms with Gasteiger partial charge in [0.2, 0.25) is 0 Å². The van der Waals surface area contributed by atoms with Crippen molar-refractivity contribution in [3.8, 4) is 5.75 Å². The Morgan fingerprint density at radius 1 is 1.48 bits per heavy atom. The van der Waals surface area contributed by atoms with Crippen LogP contribution in [0.25, 0.3) is 0 Å². The second-order valence-corrected chi connectivity index (χ2v) is 5.55. The van der Waals surface area contributed by atoms with Gasteiger partial charge in [-0.3, -0.25) is 14.5 Å². The molecular formula is C16H20N4O3. The number of ether oxygens (including phenoxy) is 2. The minimum absolute atomic E-state index is 0.0570. The third kappa shape index (κ3) is 3.68. The molecule has 1 atom stereocenters. The van der Waals surface area contributed by atoms with Crippen LogP contribution in [0.1, 0.15) is 16.2 Å². The summed E-state index contributed by atoms with van der Waals surface area (Å²) in [6.07, 6.45) is 3.12. The van der Waals surface area contributed by atoms with Gasteiger partial charge in [0.1, 0.15) is 17.5 Å². The Hall–Kier alpha value is -2.41. The highest BCUT2D eigenvalue weighted by Crippen LogP contribution is 2.14. The zero-order chi connectivity index (χ0) is 16.2. The molecule has 1 fully saturated rings. The zero-order valence-corrected chi connectivity index (χ0v) is 13.3. The molecule has 7 heteroatoms. The Bertz CT molecular complexity index is 671. The van der Waals surface area contributed by atoms with Gasteiger partial charge in [-0.25, -0.2) is 0 Å². The molecule has 0 aromatic carbocycles. The van der Waals surface area contributed by atoms with Crippen molar-refractivity contribution in [2.45, 2.75) is 13.0 Å². The first-order chi connectivity index (χ1) is 11.1. The van der Waals surface area contributed by atoms with Gasteiger partial charge in [-0.2, -0.15) is 5.10 Å². The van der Waals surface area contributed by atoms with E-state index in [1.807, 2.05) is 19.1 Å². The Labute approximate surface area is 134 Å². The summed E-state index contributed by atoms with van der Waals surface area (Å²) in [6.45, 7) is 3.82. The van der Waals surface area contributed by atoms with Crippen molar-refractivity contribution in [2.75, 3.05) is 26.3 Å². The van der Waals surface area contributed by atoms with Crippen molar-refractivity contribution in [2.24, 2.45) is 7.05 Å². The predicted molar refractivity (Wildman–Crippen MR) is 83.3 cm³/mol. The summed E-state index contributed by atoms with van der Waals surface area (Å²) >= 11 is 0.